The van der Waals surface area contributed by atoms with Gasteiger partial charge in [0.15, 0.2) is 11.6 Å². The van der Waals surface area contributed by atoms with E-state index in [0.29, 0.717) is 6.61 Å². The number of hydrogen-bond donors (Lipinski definition) is 1. The molecule has 0 aliphatic carbocycles. The normalized spacial score (nSPS) is 9.90. The Morgan fingerprint density at radius 1 is 1.20 bits per heavy atom. The molecule has 0 amide bonds. The number of ether oxygens (including phenoxy) is 1. The summed E-state index contributed by atoms with van der Waals surface area (Å²) >= 11 is 0. The Hall–Kier alpha value is -1.29. The van der Waals surface area contributed by atoms with E-state index in [4.69, 9.17) is 9.84 Å². The molecule has 0 aromatic heterocycles. The molecule has 3 nitrogen and oxygen atoms in total. The van der Waals surface area contributed by atoms with Crippen molar-refractivity contribution in [3.63, 3.8) is 0 Å². The number of rotatable bonds is 9. The lowest BCUT2D eigenvalue weighted by molar-refractivity contribution is 0.0696. The molecule has 0 unspecified atom stereocenters. The molecule has 1 N–H and O–H groups in total. The van der Waals surface area contributed by atoms with E-state index >= 15 is 0 Å². The molecule has 1 aromatic rings. The average Bonchev–Trinajstić information content (AvgIpc) is 2.39. The number of benzene rings is 1. The summed E-state index contributed by atoms with van der Waals surface area (Å²) in [6.07, 6.45) is 6.86. The predicted octanol–water partition coefficient (Wildman–Crippen LogP) is 4.69. The van der Waals surface area contributed by atoms with E-state index in [1.807, 2.05) is 0 Å². The molecule has 0 bridgehead atoms. The summed E-state index contributed by atoms with van der Waals surface area (Å²) in [6.45, 7) is 2.64. The lowest BCUT2D eigenvalue weighted by atomic mass is 10.1. The summed E-state index contributed by atoms with van der Waals surface area (Å²) in [4.78, 5) is 10.6. The van der Waals surface area contributed by atoms with Crippen LogP contribution < -0.4 is 4.74 Å². The van der Waals surface area contributed by atoms with Gasteiger partial charge >= 0.3 is 5.97 Å². The number of aromatic carboxylic acids is 1. The molecule has 0 saturated heterocycles. The molecule has 1 rings (SSSR count). The third-order valence-corrected chi connectivity index (χ3v) is 2.93. The van der Waals surface area contributed by atoms with Crippen LogP contribution in [0.3, 0.4) is 0 Å². The van der Waals surface area contributed by atoms with Crippen LogP contribution in [0.5, 0.6) is 5.75 Å². The van der Waals surface area contributed by atoms with Gasteiger partial charge in [-0.15, -0.1) is 12.4 Å². The van der Waals surface area contributed by atoms with E-state index in [1.54, 1.807) is 0 Å². The molecule has 0 fully saturated rings. The molecule has 114 valence electrons. The maximum Gasteiger partial charge on any atom is 0.335 e. The third kappa shape index (κ3) is 6.75. The molecule has 0 heterocycles. The number of unbranched alkanes of at least 4 members (excludes halogenated alkanes) is 5. The topological polar surface area (TPSA) is 46.5 Å². The zero-order valence-corrected chi connectivity index (χ0v) is 12.5. The minimum absolute atomic E-state index is 0. The highest BCUT2D eigenvalue weighted by Crippen LogP contribution is 2.19. The van der Waals surface area contributed by atoms with Crippen molar-refractivity contribution < 1.29 is 19.0 Å². The van der Waals surface area contributed by atoms with Gasteiger partial charge < -0.3 is 9.84 Å². The quantitative estimate of drug-likeness (QED) is 0.673. The van der Waals surface area contributed by atoms with Gasteiger partial charge in [0.25, 0.3) is 0 Å². The van der Waals surface area contributed by atoms with Crippen LogP contribution >= 0.6 is 12.4 Å². The molecule has 0 saturated carbocycles. The third-order valence-electron chi connectivity index (χ3n) is 2.93. The minimum atomic E-state index is -1.14. The van der Waals surface area contributed by atoms with Crippen molar-refractivity contribution in [2.45, 2.75) is 45.4 Å². The van der Waals surface area contributed by atoms with Gasteiger partial charge in [0.2, 0.25) is 0 Å². The summed E-state index contributed by atoms with van der Waals surface area (Å²) in [5, 5.41) is 8.71. The first-order chi connectivity index (χ1) is 9.15. The molecular weight excluding hydrogens is 283 g/mol. The van der Waals surface area contributed by atoms with Crippen LogP contribution in [0.15, 0.2) is 18.2 Å². The van der Waals surface area contributed by atoms with Crippen LogP contribution in [-0.2, 0) is 0 Å². The highest BCUT2D eigenvalue weighted by atomic mass is 35.5. The van der Waals surface area contributed by atoms with Gasteiger partial charge in [0.05, 0.1) is 12.2 Å². The smallest absolute Gasteiger partial charge is 0.335 e. The maximum absolute atomic E-state index is 13.5. The highest BCUT2D eigenvalue weighted by molar-refractivity contribution is 5.87. The van der Waals surface area contributed by atoms with E-state index in [2.05, 4.69) is 6.92 Å². The Bertz CT molecular complexity index is 410. The van der Waals surface area contributed by atoms with Gasteiger partial charge in [-0.05, 0) is 24.6 Å². The summed E-state index contributed by atoms with van der Waals surface area (Å²) in [5.41, 5.74) is -0.0654. The first-order valence-corrected chi connectivity index (χ1v) is 6.80. The number of hydrogen-bond acceptors (Lipinski definition) is 2. The molecular formula is C15H22ClFO3. The minimum Gasteiger partial charge on any atom is -0.491 e. The van der Waals surface area contributed by atoms with Gasteiger partial charge in [-0.2, -0.15) is 0 Å². The van der Waals surface area contributed by atoms with Crippen molar-refractivity contribution in [1.29, 1.82) is 0 Å². The van der Waals surface area contributed by atoms with E-state index < -0.39 is 11.8 Å². The SMILES string of the molecule is CCCCCCCCOc1ccc(C(=O)O)cc1F.Cl. The van der Waals surface area contributed by atoms with Crippen molar-refractivity contribution in [1.82, 2.24) is 0 Å². The first-order valence-electron chi connectivity index (χ1n) is 6.80. The second-order valence-electron chi connectivity index (χ2n) is 4.57. The van der Waals surface area contributed by atoms with Gasteiger partial charge in [0.1, 0.15) is 0 Å². The van der Waals surface area contributed by atoms with Crippen LogP contribution in [0, 0.1) is 5.82 Å². The van der Waals surface area contributed by atoms with E-state index in [0.717, 1.165) is 18.9 Å². The molecule has 0 aliphatic rings. The monoisotopic (exact) mass is 304 g/mol. The molecule has 20 heavy (non-hydrogen) atoms. The molecule has 1 aromatic carbocycles. The number of carboxylic acid groups (broad SMARTS) is 1. The fraction of sp³-hybridized carbons (Fsp3) is 0.533. The average molecular weight is 305 g/mol. The summed E-state index contributed by atoms with van der Waals surface area (Å²) < 4.78 is 18.8. The van der Waals surface area contributed by atoms with E-state index in [-0.39, 0.29) is 23.7 Å². The summed E-state index contributed by atoms with van der Waals surface area (Å²) in [7, 11) is 0. The second-order valence-corrected chi connectivity index (χ2v) is 4.57. The van der Waals surface area contributed by atoms with Crippen molar-refractivity contribution in [2.24, 2.45) is 0 Å². The van der Waals surface area contributed by atoms with Gasteiger partial charge in [-0.1, -0.05) is 39.0 Å². The van der Waals surface area contributed by atoms with Crippen LogP contribution in [0.25, 0.3) is 0 Å². The first kappa shape index (κ1) is 18.7. The lowest BCUT2D eigenvalue weighted by Crippen LogP contribution is -2.02. The summed E-state index contributed by atoms with van der Waals surface area (Å²) in [6, 6.07) is 3.71. The number of halogens is 2. The largest absolute Gasteiger partial charge is 0.491 e. The van der Waals surface area contributed by atoms with Crippen molar-refractivity contribution in [3.8, 4) is 5.75 Å². The van der Waals surface area contributed by atoms with Crippen LogP contribution in [-0.4, -0.2) is 17.7 Å². The van der Waals surface area contributed by atoms with Gasteiger partial charge in [0, 0.05) is 0 Å². The van der Waals surface area contributed by atoms with E-state index in [9.17, 15) is 9.18 Å². The Kier molecular flexibility index (Phi) is 9.82. The Morgan fingerprint density at radius 2 is 1.85 bits per heavy atom. The number of carbonyl (C=O) groups is 1. The standard InChI is InChI=1S/C15H21FO3.ClH/c1-2-3-4-5-6-7-10-19-14-9-8-12(15(17)18)11-13(14)16;/h8-9,11H,2-7,10H2,1H3,(H,17,18);1H. The van der Waals surface area contributed by atoms with E-state index in [1.165, 1.54) is 37.8 Å². The Labute approximate surface area is 125 Å². The fourth-order valence-electron chi connectivity index (χ4n) is 1.82. The summed E-state index contributed by atoms with van der Waals surface area (Å²) in [5.74, 6) is -1.63. The van der Waals surface area contributed by atoms with Crippen molar-refractivity contribution in [2.75, 3.05) is 6.61 Å². The Balaban J connectivity index is 0.00000361. The second kappa shape index (κ2) is 10.5. The lowest BCUT2D eigenvalue weighted by Gasteiger charge is -2.07. The van der Waals surface area contributed by atoms with Crippen LogP contribution in [0.2, 0.25) is 0 Å². The van der Waals surface area contributed by atoms with Gasteiger partial charge in [-0.25, -0.2) is 9.18 Å². The molecule has 0 atom stereocenters. The van der Waals surface area contributed by atoms with Crippen LogP contribution in [0.1, 0.15) is 55.8 Å². The molecule has 0 radical (unpaired) electrons. The van der Waals surface area contributed by atoms with Crippen molar-refractivity contribution >= 4 is 18.4 Å². The van der Waals surface area contributed by atoms with Crippen LogP contribution in [0.4, 0.5) is 4.39 Å². The maximum atomic E-state index is 13.5. The number of carboxylic acids is 1. The molecule has 0 aliphatic heterocycles. The zero-order chi connectivity index (χ0) is 14.1. The molecule has 5 heteroatoms. The molecule has 0 spiro atoms. The fourth-order valence-corrected chi connectivity index (χ4v) is 1.82. The Morgan fingerprint density at radius 3 is 2.45 bits per heavy atom. The van der Waals surface area contributed by atoms with Gasteiger partial charge in [-0.3, -0.25) is 0 Å². The zero-order valence-electron chi connectivity index (χ0n) is 11.7. The van der Waals surface area contributed by atoms with Crippen molar-refractivity contribution in [3.05, 3.63) is 29.6 Å². The predicted molar refractivity (Wildman–Crippen MR) is 79.5 cm³/mol. The highest BCUT2D eigenvalue weighted by Gasteiger charge is 2.08.